The van der Waals surface area contributed by atoms with E-state index in [2.05, 4.69) is 21.2 Å². The first-order chi connectivity index (χ1) is 9.95. The fourth-order valence-corrected chi connectivity index (χ4v) is 2.44. The SMILES string of the molecule is COC(=O)c1c(Br)ccn1CC(C)(C)NC(=O)OC(C)(C)C. The minimum Gasteiger partial charge on any atom is -0.464 e. The van der Waals surface area contributed by atoms with E-state index in [-0.39, 0.29) is 0 Å². The van der Waals surface area contributed by atoms with Crippen LogP contribution in [0.3, 0.4) is 0 Å². The molecule has 1 N–H and O–H groups in total. The first kappa shape index (κ1) is 18.5. The summed E-state index contributed by atoms with van der Waals surface area (Å²) >= 11 is 3.32. The minimum atomic E-state index is -0.608. The largest absolute Gasteiger partial charge is 0.464 e. The average Bonchev–Trinajstić information content (AvgIpc) is 2.65. The first-order valence-corrected chi connectivity index (χ1v) is 7.68. The van der Waals surface area contributed by atoms with E-state index in [1.807, 2.05) is 13.8 Å². The number of rotatable bonds is 4. The van der Waals surface area contributed by atoms with Gasteiger partial charge in [0, 0.05) is 12.7 Å². The first-order valence-electron chi connectivity index (χ1n) is 6.89. The number of carbonyl (C=O) groups excluding carboxylic acids is 2. The van der Waals surface area contributed by atoms with Crippen molar-refractivity contribution in [1.82, 2.24) is 9.88 Å². The summed E-state index contributed by atoms with van der Waals surface area (Å²) in [6.45, 7) is 9.51. The monoisotopic (exact) mass is 374 g/mol. The van der Waals surface area contributed by atoms with Gasteiger partial charge in [0.25, 0.3) is 0 Å². The number of ether oxygens (including phenoxy) is 2. The number of halogens is 1. The predicted octanol–water partition coefficient (Wildman–Crippen LogP) is 3.34. The Hall–Kier alpha value is -1.50. The van der Waals surface area contributed by atoms with Gasteiger partial charge in [-0.2, -0.15) is 0 Å². The minimum absolute atomic E-state index is 0.391. The van der Waals surface area contributed by atoms with Crippen molar-refractivity contribution in [3.8, 4) is 0 Å². The van der Waals surface area contributed by atoms with Gasteiger partial charge in [-0.25, -0.2) is 9.59 Å². The van der Waals surface area contributed by atoms with Crippen molar-refractivity contribution in [3.05, 3.63) is 22.4 Å². The Morgan fingerprint density at radius 2 is 1.86 bits per heavy atom. The van der Waals surface area contributed by atoms with E-state index in [1.165, 1.54) is 7.11 Å². The van der Waals surface area contributed by atoms with Crippen LogP contribution in [-0.4, -0.2) is 34.9 Å². The number of hydrogen-bond donors (Lipinski definition) is 1. The number of nitrogens with one attached hydrogen (secondary N) is 1. The molecule has 0 aromatic carbocycles. The molecule has 6 nitrogen and oxygen atoms in total. The van der Waals surface area contributed by atoms with Crippen LogP contribution in [0.15, 0.2) is 16.7 Å². The third-order valence-corrected chi connectivity index (χ3v) is 3.34. The summed E-state index contributed by atoms with van der Waals surface area (Å²) in [6, 6.07) is 1.76. The third-order valence-electron chi connectivity index (χ3n) is 2.70. The normalized spacial score (nSPS) is 12.0. The van der Waals surface area contributed by atoms with Gasteiger partial charge in [-0.05, 0) is 56.6 Å². The van der Waals surface area contributed by atoms with Crippen molar-refractivity contribution in [2.45, 2.75) is 52.3 Å². The van der Waals surface area contributed by atoms with Gasteiger partial charge in [0.2, 0.25) is 0 Å². The maximum Gasteiger partial charge on any atom is 0.408 e. The highest BCUT2D eigenvalue weighted by atomic mass is 79.9. The molecule has 1 heterocycles. The molecule has 0 radical (unpaired) electrons. The Kier molecular flexibility index (Phi) is 5.67. The molecule has 0 unspecified atom stereocenters. The van der Waals surface area contributed by atoms with E-state index < -0.39 is 23.2 Å². The van der Waals surface area contributed by atoms with Crippen molar-refractivity contribution in [2.24, 2.45) is 0 Å². The summed E-state index contributed by atoms with van der Waals surface area (Å²) < 4.78 is 12.4. The van der Waals surface area contributed by atoms with Crippen LogP contribution < -0.4 is 5.32 Å². The molecule has 1 aromatic rings. The summed E-state index contributed by atoms with van der Waals surface area (Å²) in [4.78, 5) is 23.7. The fraction of sp³-hybridized carbons (Fsp3) is 0.600. The van der Waals surface area contributed by atoms with Crippen LogP contribution in [-0.2, 0) is 16.0 Å². The van der Waals surface area contributed by atoms with E-state index >= 15 is 0 Å². The highest BCUT2D eigenvalue weighted by Crippen LogP contribution is 2.21. The van der Waals surface area contributed by atoms with E-state index in [9.17, 15) is 9.59 Å². The highest BCUT2D eigenvalue weighted by Gasteiger charge is 2.27. The van der Waals surface area contributed by atoms with Crippen molar-refractivity contribution in [2.75, 3.05) is 7.11 Å². The van der Waals surface area contributed by atoms with Crippen LogP contribution in [0.5, 0.6) is 0 Å². The molecule has 124 valence electrons. The molecule has 0 spiro atoms. The highest BCUT2D eigenvalue weighted by molar-refractivity contribution is 9.10. The summed E-state index contributed by atoms with van der Waals surface area (Å²) in [5.74, 6) is -0.440. The molecule has 0 saturated heterocycles. The number of aromatic nitrogens is 1. The van der Waals surface area contributed by atoms with Crippen LogP contribution in [0.1, 0.15) is 45.1 Å². The van der Waals surface area contributed by atoms with Gasteiger partial charge >= 0.3 is 12.1 Å². The molecule has 0 aliphatic carbocycles. The lowest BCUT2D eigenvalue weighted by atomic mass is 10.1. The molecule has 1 amide bonds. The van der Waals surface area contributed by atoms with Gasteiger partial charge in [0.1, 0.15) is 11.3 Å². The lowest BCUT2D eigenvalue weighted by Gasteiger charge is -2.29. The Morgan fingerprint density at radius 1 is 1.27 bits per heavy atom. The third kappa shape index (κ3) is 5.36. The molecule has 1 rings (SSSR count). The number of hydrogen-bond acceptors (Lipinski definition) is 4. The molecule has 0 aliphatic rings. The maximum atomic E-state index is 11.9. The maximum absolute atomic E-state index is 11.9. The zero-order chi connectivity index (χ0) is 17.1. The van der Waals surface area contributed by atoms with Crippen LogP contribution >= 0.6 is 15.9 Å². The predicted molar refractivity (Wildman–Crippen MR) is 86.9 cm³/mol. The van der Waals surface area contributed by atoms with Crippen molar-refractivity contribution in [3.63, 3.8) is 0 Å². The number of carbonyl (C=O) groups is 2. The van der Waals surface area contributed by atoms with Gasteiger partial charge in [0.05, 0.1) is 17.1 Å². The summed E-state index contributed by atoms with van der Waals surface area (Å²) in [6.07, 6.45) is 1.26. The van der Waals surface area contributed by atoms with Crippen LogP contribution in [0.4, 0.5) is 4.79 Å². The Labute approximate surface area is 139 Å². The van der Waals surface area contributed by atoms with Gasteiger partial charge in [-0.1, -0.05) is 0 Å². The average molecular weight is 375 g/mol. The second-order valence-corrected chi connectivity index (χ2v) is 7.50. The zero-order valence-corrected chi connectivity index (χ0v) is 15.4. The van der Waals surface area contributed by atoms with Gasteiger partial charge in [-0.3, -0.25) is 0 Å². The number of nitrogens with zero attached hydrogens (tertiary/aromatic N) is 1. The van der Waals surface area contributed by atoms with E-state index in [1.54, 1.807) is 37.6 Å². The van der Waals surface area contributed by atoms with E-state index in [0.29, 0.717) is 16.7 Å². The number of amides is 1. The number of methoxy groups -OCH3 is 1. The summed E-state index contributed by atoms with van der Waals surface area (Å²) in [5, 5.41) is 2.81. The number of alkyl carbamates (subject to hydrolysis) is 1. The van der Waals surface area contributed by atoms with Crippen molar-refractivity contribution in [1.29, 1.82) is 0 Å². The topological polar surface area (TPSA) is 69.6 Å². The zero-order valence-electron chi connectivity index (χ0n) is 13.8. The van der Waals surface area contributed by atoms with Crippen LogP contribution in [0.25, 0.3) is 0 Å². The second kappa shape index (κ2) is 6.73. The smallest absolute Gasteiger partial charge is 0.408 e. The molecule has 1 aromatic heterocycles. The standard InChI is InChI=1S/C15H23BrN2O4/c1-14(2,3)22-13(20)17-15(4,5)9-18-8-7-10(16)11(18)12(19)21-6/h7-8H,9H2,1-6H3,(H,17,20). The lowest BCUT2D eigenvalue weighted by molar-refractivity contribution is 0.0463. The van der Waals surface area contributed by atoms with Crippen LogP contribution in [0, 0.1) is 0 Å². The lowest BCUT2D eigenvalue weighted by Crippen LogP contribution is -2.48. The molecule has 0 aliphatic heterocycles. The second-order valence-electron chi connectivity index (χ2n) is 6.64. The van der Waals surface area contributed by atoms with Gasteiger partial charge < -0.3 is 19.4 Å². The molecule has 0 atom stereocenters. The summed E-state index contributed by atoms with van der Waals surface area (Å²) in [5.41, 5.74) is -0.765. The number of esters is 1. The Bertz CT molecular complexity index is 558. The fourth-order valence-electron chi connectivity index (χ4n) is 1.93. The van der Waals surface area contributed by atoms with E-state index in [0.717, 1.165) is 0 Å². The Balaban J connectivity index is 2.85. The van der Waals surface area contributed by atoms with Gasteiger partial charge in [0.15, 0.2) is 0 Å². The molecular formula is C15H23BrN2O4. The molecule has 22 heavy (non-hydrogen) atoms. The quantitative estimate of drug-likeness (QED) is 0.820. The van der Waals surface area contributed by atoms with Crippen molar-refractivity contribution < 1.29 is 19.1 Å². The molecule has 0 bridgehead atoms. The van der Waals surface area contributed by atoms with Crippen LogP contribution in [0.2, 0.25) is 0 Å². The molecule has 0 saturated carbocycles. The van der Waals surface area contributed by atoms with Gasteiger partial charge in [-0.15, -0.1) is 0 Å². The van der Waals surface area contributed by atoms with E-state index in [4.69, 9.17) is 9.47 Å². The molecule has 0 fully saturated rings. The molecule has 7 heteroatoms. The van der Waals surface area contributed by atoms with Crippen molar-refractivity contribution >= 4 is 28.0 Å². The Morgan fingerprint density at radius 3 is 2.36 bits per heavy atom. The summed E-state index contributed by atoms with van der Waals surface area (Å²) in [7, 11) is 1.33. The molecular weight excluding hydrogens is 352 g/mol.